The molecule has 0 spiro atoms. The monoisotopic (exact) mass is 249 g/mol. The van der Waals surface area contributed by atoms with Crippen LogP contribution in [-0.4, -0.2) is 7.05 Å². The maximum atomic E-state index is 12.9. The number of hydrogen-bond acceptors (Lipinski definition) is 1. The average molecular weight is 249 g/mol. The van der Waals surface area contributed by atoms with Crippen LogP contribution in [0.5, 0.6) is 0 Å². The summed E-state index contributed by atoms with van der Waals surface area (Å²) in [5, 5.41) is 3.35. The Kier molecular flexibility index (Phi) is 5.18. The standard InChI is InChI=1S/C16H24FN/c1-18-16(14-8-10-15(17)11-9-14)12-7-13-5-3-2-4-6-13/h8-11,13,16,18H,2-7,12H2,1H3. The van der Waals surface area contributed by atoms with E-state index in [1.54, 1.807) is 12.1 Å². The molecule has 1 aromatic carbocycles. The Balaban J connectivity index is 1.86. The molecule has 1 aliphatic rings. The zero-order valence-corrected chi connectivity index (χ0v) is 11.3. The molecule has 2 rings (SSSR count). The number of nitrogens with one attached hydrogen (secondary N) is 1. The molecule has 18 heavy (non-hydrogen) atoms. The van der Waals surface area contributed by atoms with Gasteiger partial charge in [0, 0.05) is 6.04 Å². The molecule has 0 aliphatic heterocycles. The van der Waals surface area contributed by atoms with Crippen LogP contribution in [0, 0.1) is 11.7 Å². The van der Waals surface area contributed by atoms with Crippen molar-refractivity contribution in [1.29, 1.82) is 0 Å². The molecule has 1 saturated carbocycles. The Morgan fingerprint density at radius 3 is 2.44 bits per heavy atom. The summed E-state index contributed by atoms with van der Waals surface area (Å²) >= 11 is 0. The normalized spacial score (nSPS) is 18.8. The average Bonchev–Trinajstić information content (AvgIpc) is 2.42. The van der Waals surface area contributed by atoms with E-state index in [1.165, 1.54) is 44.1 Å². The van der Waals surface area contributed by atoms with E-state index < -0.39 is 0 Å². The Morgan fingerprint density at radius 1 is 1.17 bits per heavy atom. The molecule has 0 heterocycles. The Hall–Kier alpha value is -0.890. The second-order valence-electron chi connectivity index (χ2n) is 5.47. The molecule has 1 N–H and O–H groups in total. The third-order valence-corrected chi connectivity index (χ3v) is 4.21. The predicted molar refractivity (Wildman–Crippen MR) is 74.0 cm³/mol. The fraction of sp³-hybridized carbons (Fsp3) is 0.625. The van der Waals surface area contributed by atoms with Crippen molar-refractivity contribution in [2.45, 2.75) is 51.0 Å². The Labute approximate surface area is 110 Å². The number of benzene rings is 1. The van der Waals surface area contributed by atoms with Crippen LogP contribution >= 0.6 is 0 Å². The molecule has 0 radical (unpaired) electrons. The minimum absolute atomic E-state index is 0.152. The maximum absolute atomic E-state index is 12.9. The van der Waals surface area contributed by atoms with Gasteiger partial charge < -0.3 is 5.32 Å². The van der Waals surface area contributed by atoms with Crippen molar-refractivity contribution in [2.75, 3.05) is 7.05 Å². The van der Waals surface area contributed by atoms with Crippen molar-refractivity contribution in [2.24, 2.45) is 5.92 Å². The molecule has 0 amide bonds. The minimum Gasteiger partial charge on any atom is -0.313 e. The second-order valence-corrected chi connectivity index (χ2v) is 5.47. The molecule has 0 bridgehead atoms. The first kappa shape index (κ1) is 13.5. The summed E-state index contributed by atoms with van der Waals surface area (Å²) in [6.07, 6.45) is 9.50. The fourth-order valence-electron chi connectivity index (χ4n) is 3.05. The van der Waals surface area contributed by atoms with Gasteiger partial charge >= 0.3 is 0 Å². The summed E-state index contributed by atoms with van der Waals surface area (Å²) in [6.45, 7) is 0. The first-order valence-electron chi connectivity index (χ1n) is 7.22. The number of halogens is 1. The van der Waals surface area contributed by atoms with Gasteiger partial charge in [0.05, 0.1) is 0 Å². The highest BCUT2D eigenvalue weighted by atomic mass is 19.1. The third-order valence-electron chi connectivity index (χ3n) is 4.21. The van der Waals surface area contributed by atoms with E-state index in [9.17, 15) is 4.39 Å². The van der Waals surface area contributed by atoms with Crippen molar-refractivity contribution < 1.29 is 4.39 Å². The molecule has 1 atom stereocenters. The van der Waals surface area contributed by atoms with E-state index in [1.807, 2.05) is 19.2 Å². The predicted octanol–water partition coefficient (Wildman–Crippen LogP) is 4.45. The molecule has 1 nitrogen and oxygen atoms in total. The molecule has 0 aromatic heterocycles. The second kappa shape index (κ2) is 6.89. The van der Waals surface area contributed by atoms with Crippen LogP contribution in [0.15, 0.2) is 24.3 Å². The molecule has 1 aromatic rings. The van der Waals surface area contributed by atoms with Crippen molar-refractivity contribution in [3.8, 4) is 0 Å². The van der Waals surface area contributed by atoms with E-state index in [-0.39, 0.29) is 5.82 Å². The van der Waals surface area contributed by atoms with Gasteiger partial charge in [-0.25, -0.2) is 4.39 Å². The van der Waals surface area contributed by atoms with Crippen LogP contribution in [0.25, 0.3) is 0 Å². The van der Waals surface area contributed by atoms with Crippen LogP contribution in [0.4, 0.5) is 4.39 Å². The Bertz CT molecular complexity index is 341. The summed E-state index contributed by atoms with van der Waals surface area (Å²) in [6, 6.07) is 7.28. The van der Waals surface area contributed by atoms with Crippen molar-refractivity contribution in [1.82, 2.24) is 5.32 Å². The van der Waals surface area contributed by atoms with Gasteiger partial charge in [-0.2, -0.15) is 0 Å². The summed E-state index contributed by atoms with van der Waals surface area (Å²) in [5.41, 5.74) is 1.20. The summed E-state index contributed by atoms with van der Waals surface area (Å²) in [7, 11) is 1.99. The van der Waals surface area contributed by atoms with Crippen LogP contribution in [0.2, 0.25) is 0 Å². The van der Waals surface area contributed by atoms with Gasteiger partial charge in [0.15, 0.2) is 0 Å². The smallest absolute Gasteiger partial charge is 0.123 e. The summed E-state index contributed by atoms with van der Waals surface area (Å²) in [4.78, 5) is 0. The van der Waals surface area contributed by atoms with Crippen molar-refractivity contribution in [3.05, 3.63) is 35.6 Å². The van der Waals surface area contributed by atoms with Crippen LogP contribution in [0.1, 0.15) is 56.6 Å². The van der Waals surface area contributed by atoms with Gasteiger partial charge in [0.2, 0.25) is 0 Å². The molecule has 1 unspecified atom stereocenters. The lowest BCUT2D eigenvalue weighted by atomic mass is 9.84. The van der Waals surface area contributed by atoms with E-state index >= 15 is 0 Å². The van der Waals surface area contributed by atoms with Gasteiger partial charge in [0.25, 0.3) is 0 Å². The van der Waals surface area contributed by atoms with Crippen LogP contribution in [-0.2, 0) is 0 Å². The van der Waals surface area contributed by atoms with Crippen molar-refractivity contribution in [3.63, 3.8) is 0 Å². The summed E-state index contributed by atoms with van der Waals surface area (Å²) in [5.74, 6) is 0.760. The van der Waals surface area contributed by atoms with Crippen molar-refractivity contribution >= 4 is 0 Å². The SMILES string of the molecule is CNC(CCC1CCCCC1)c1ccc(F)cc1. The highest BCUT2D eigenvalue weighted by Crippen LogP contribution is 2.30. The molecule has 1 aliphatic carbocycles. The minimum atomic E-state index is -0.152. The first-order valence-corrected chi connectivity index (χ1v) is 7.22. The molecule has 1 fully saturated rings. The van der Waals surface area contributed by atoms with E-state index in [2.05, 4.69) is 5.32 Å². The molecule has 2 heteroatoms. The highest BCUT2D eigenvalue weighted by Gasteiger charge is 2.16. The van der Waals surface area contributed by atoms with Gasteiger partial charge in [-0.05, 0) is 43.5 Å². The van der Waals surface area contributed by atoms with Crippen LogP contribution in [0.3, 0.4) is 0 Å². The summed E-state index contributed by atoms with van der Waals surface area (Å²) < 4.78 is 12.9. The number of rotatable bonds is 5. The molecule has 0 saturated heterocycles. The number of hydrogen-bond donors (Lipinski definition) is 1. The van der Waals surface area contributed by atoms with Gasteiger partial charge in [-0.15, -0.1) is 0 Å². The first-order chi connectivity index (χ1) is 8.79. The van der Waals surface area contributed by atoms with Gasteiger partial charge in [0.1, 0.15) is 5.82 Å². The van der Waals surface area contributed by atoms with Crippen LogP contribution < -0.4 is 5.32 Å². The molecule has 100 valence electrons. The lowest BCUT2D eigenvalue weighted by Gasteiger charge is -2.24. The lowest BCUT2D eigenvalue weighted by molar-refractivity contribution is 0.317. The fourth-order valence-corrected chi connectivity index (χ4v) is 3.05. The highest BCUT2D eigenvalue weighted by molar-refractivity contribution is 5.19. The van der Waals surface area contributed by atoms with E-state index in [4.69, 9.17) is 0 Å². The Morgan fingerprint density at radius 2 is 1.83 bits per heavy atom. The zero-order valence-electron chi connectivity index (χ0n) is 11.3. The van der Waals surface area contributed by atoms with E-state index in [0.717, 1.165) is 12.3 Å². The molecular formula is C16H24FN. The zero-order chi connectivity index (χ0) is 12.8. The largest absolute Gasteiger partial charge is 0.313 e. The maximum Gasteiger partial charge on any atom is 0.123 e. The topological polar surface area (TPSA) is 12.0 Å². The van der Waals surface area contributed by atoms with Gasteiger partial charge in [-0.1, -0.05) is 44.2 Å². The molecular weight excluding hydrogens is 225 g/mol. The lowest BCUT2D eigenvalue weighted by Crippen LogP contribution is -2.18. The third kappa shape index (κ3) is 3.81. The quantitative estimate of drug-likeness (QED) is 0.813. The van der Waals surface area contributed by atoms with Gasteiger partial charge in [-0.3, -0.25) is 0 Å². The van der Waals surface area contributed by atoms with E-state index in [0.29, 0.717) is 6.04 Å².